The maximum atomic E-state index is 13.1. The third-order valence-corrected chi connectivity index (χ3v) is 2.25. The molecule has 1 heterocycles. The summed E-state index contributed by atoms with van der Waals surface area (Å²) >= 11 is 0. The Morgan fingerprint density at radius 1 is 1.18 bits per heavy atom. The minimum absolute atomic E-state index is 0.386. The van der Waals surface area contributed by atoms with Crippen LogP contribution in [0.1, 0.15) is 5.69 Å². The van der Waals surface area contributed by atoms with Gasteiger partial charge in [0.1, 0.15) is 0 Å². The lowest BCUT2D eigenvalue weighted by molar-refractivity contribution is 0.509. The Kier molecular flexibility index (Phi) is 3.39. The third kappa shape index (κ3) is 2.62. The molecule has 0 saturated heterocycles. The van der Waals surface area contributed by atoms with E-state index in [4.69, 9.17) is 0 Å². The number of rotatable bonds is 3. The van der Waals surface area contributed by atoms with Gasteiger partial charge in [-0.25, -0.2) is 18.7 Å². The van der Waals surface area contributed by atoms with E-state index in [-0.39, 0.29) is 0 Å². The van der Waals surface area contributed by atoms with Crippen molar-refractivity contribution in [1.29, 1.82) is 0 Å². The molecule has 17 heavy (non-hydrogen) atoms. The van der Waals surface area contributed by atoms with Gasteiger partial charge in [0.25, 0.3) is 0 Å². The fourth-order valence-corrected chi connectivity index (χ4v) is 1.45. The molecule has 1 aromatic carbocycles. The van der Waals surface area contributed by atoms with Crippen LogP contribution in [0.2, 0.25) is 0 Å². The minimum Gasteiger partial charge on any atom is -0.314 e. The first-order chi connectivity index (χ1) is 8.20. The van der Waals surface area contributed by atoms with Crippen molar-refractivity contribution in [2.75, 3.05) is 7.05 Å². The van der Waals surface area contributed by atoms with Gasteiger partial charge < -0.3 is 5.32 Å². The summed E-state index contributed by atoms with van der Waals surface area (Å²) in [7, 11) is 1.80. The molecule has 1 aromatic heterocycles. The molecule has 0 unspecified atom stereocenters. The number of halogens is 2. The molecule has 0 atom stereocenters. The Balaban J connectivity index is 2.38. The molecule has 0 aliphatic rings. The van der Waals surface area contributed by atoms with Crippen LogP contribution in [-0.2, 0) is 6.54 Å². The summed E-state index contributed by atoms with van der Waals surface area (Å²) in [5.41, 5.74) is 1.25. The second-order valence-electron chi connectivity index (χ2n) is 3.53. The summed E-state index contributed by atoms with van der Waals surface area (Å²) in [5.74, 6) is -1.39. The number of nitrogens with one attached hydrogen (secondary N) is 1. The van der Waals surface area contributed by atoms with Crippen molar-refractivity contribution in [2.45, 2.75) is 6.54 Å². The SMILES string of the molecule is CNCc1ccnc(-c2ccc(F)c(F)c2)n1. The highest BCUT2D eigenvalue weighted by molar-refractivity contribution is 5.54. The number of aromatic nitrogens is 2. The zero-order valence-corrected chi connectivity index (χ0v) is 9.24. The van der Waals surface area contributed by atoms with Crippen LogP contribution in [-0.4, -0.2) is 17.0 Å². The molecule has 0 saturated carbocycles. The molecule has 2 aromatic rings. The summed E-state index contributed by atoms with van der Waals surface area (Å²) in [6.07, 6.45) is 1.59. The number of benzene rings is 1. The molecule has 0 aliphatic carbocycles. The molecule has 0 aliphatic heterocycles. The molecular formula is C12H11F2N3. The van der Waals surface area contributed by atoms with Gasteiger partial charge in [-0.1, -0.05) is 0 Å². The van der Waals surface area contributed by atoms with Gasteiger partial charge in [-0.05, 0) is 31.3 Å². The molecule has 0 spiro atoms. The van der Waals surface area contributed by atoms with Gasteiger partial charge >= 0.3 is 0 Å². The van der Waals surface area contributed by atoms with Crippen LogP contribution in [0, 0.1) is 11.6 Å². The third-order valence-electron chi connectivity index (χ3n) is 2.25. The topological polar surface area (TPSA) is 37.8 Å². The summed E-state index contributed by atoms with van der Waals surface area (Å²) < 4.78 is 25.9. The first-order valence-corrected chi connectivity index (χ1v) is 5.12. The summed E-state index contributed by atoms with van der Waals surface area (Å²) in [4.78, 5) is 8.28. The van der Waals surface area contributed by atoms with Gasteiger partial charge in [-0.3, -0.25) is 0 Å². The van der Waals surface area contributed by atoms with Crippen molar-refractivity contribution < 1.29 is 8.78 Å². The van der Waals surface area contributed by atoms with Crippen molar-refractivity contribution in [3.05, 3.63) is 47.8 Å². The van der Waals surface area contributed by atoms with E-state index >= 15 is 0 Å². The Labute approximate surface area is 97.5 Å². The fourth-order valence-electron chi connectivity index (χ4n) is 1.45. The van der Waals surface area contributed by atoms with Crippen LogP contribution in [0.3, 0.4) is 0 Å². The van der Waals surface area contributed by atoms with Crippen LogP contribution < -0.4 is 5.32 Å². The molecule has 5 heteroatoms. The van der Waals surface area contributed by atoms with Crippen molar-refractivity contribution in [3.8, 4) is 11.4 Å². The van der Waals surface area contributed by atoms with E-state index in [1.54, 1.807) is 19.3 Å². The number of hydrogen-bond donors (Lipinski definition) is 1. The Bertz CT molecular complexity index is 529. The average Bonchev–Trinajstić information content (AvgIpc) is 2.33. The van der Waals surface area contributed by atoms with Gasteiger partial charge in [0.2, 0.25) is 0 Å². The standard InChI is InChI=1S/C12H11F2N3/c1-15-7-9-4-5-16-12(17-9)8-2-3-10(13)11(14)6-8/h2-6,15H,7H2,1H3. The van der Waals surface area contributed by atoms with Crippen LogP contribution >= 0.6 is 0 Å². The van der Waals surface area contributed by atoms with E-state index < -0.39 is 11.6 Å². The molecule has 88 valence electrons. The minimum atomic E-state index is -0.898. The zero-order valence-electron chi connectivity index (χ0n) is 9.24. The summed E-state index contributed by atoms with van der Waals surface area (Å²) in [6.45, 7) is 0.596. The van der Waals surface area contributed by atoms with Crippen molar-refractivity contribution in [2.24, 2.45) is 0 Å². The van der Waals surface area contributed by atoms with Gasteiger partial charge in [0.05, 0.1) is 5.69 Å². The predicted octanol–water partition coefficient (Wildman–Crippen LogP) is 2.14. The Morgan fingerprint density at radius 2 is 2.00 bits per heavy atom. The van der Waals surface area contributed by atoms with Crippen LogP contribution in [0.4, 0.5) is 8.78 Å². The maximum absolute atomic E-state index is 13.1. The lowest BCUT2D eigenvalue weighted by Gasteiger charge is -2.03. The largest absolute Gasteiger partial charge is 0.314 e. The molecule has 3 nitrogen and oxygen atoms in total. The highest BCUT2D eigenvalue weighted by Crippen LogP contribution is 2.17. The lowest BCUT2D eigenvalue weighted by atomic mass is 10.2. The molecule has 0 bridgehead atoms. The normalized spacial score (nSPS) is 10.5. The van der Waals surface area contributed by atoms with E-state index in [1.165, 1.54) is 6.07 Å². The second-order valence-corrected chi connectivity index (χ2v) is 3.53. The van der Waals surface area contributed by atoms with Crippen LogP contribution in [0.25, 0.3) is 11.4 Å². The lowest BCUT2D eigenvalue weighted by Crippen LogP contribution is -2.07. The maximum Gasteiger partial charge on any atom is 0.159 e. The van der Waals surface area contributed by atoms with E-state index in [0.29, 0.717) is 17.9 Å². The van der Waals surface area contributed by atoms with Gasteiger partial charge in [-0.15, -0.1) is 0 Å². The fraction of sp³-hybridized carbons (Fsp3) is 0.167. The van der Waals surface area contributed by atoms with E-state index in [9.17, 15) is 8.78 Å². The monoisotopic (exact) mass is 235 g/mol. The van der Waals surface area contributed by atoms with E-state index in [2.05, 4.69) is 15.3 Å². The van der Waals surface area contributed by atoms with Gasteiger partial charge in [0, 0.05) is 18.3 Å². The molecular weight excluding hydrogens is 224 g/mol. The van der Waals surface area contributed by atoms with Crippen molar-refractivity contribution in [3.63, 3.8) is 0 Å². The molecule has 0 amide bonds. The highest BCUT2D eigenvalue weighted by atomic mass is 19.2. The van der Waals surface area contributed by atoms with Gasteiger partial charge in [-0.2, -0.15) is 0 Å². The predicted molar refractivity (Wildman–Crippen MR) is 60.1 cm³/mol. The highest BCUT2D eigenvalue weighted by Gasteiger charge is 2.07. The number of hydrogen-bond acceptors (Lipinski definition) is 3. The molecule has 0 radical (unpaired) electrons. The first kappa shape index (κ1) is 11.6. The quantitative estimate of drug-likeness (QED) is 0.885. The number of nitrogens with zero attached hydrogens (tertiary/aromatic N) is 2. The van der Waals surface area contributed by atoms with Crippen LogP contribution in [0.15, 0.2) is 30.5 Å². The second kappa shape index (κ2) is 4.97. The first-order valence-electron chi connectivity index (χ1n) is 5.12. The van der Waals surface area contributed by atoms with E-state index in [0.717, 1.165) is 17.8 Å². The smallest absolute Gasteiger partial charge is 0.159 e. The zero-order chi connectivity index (χ0) is 12.3. The summed E-state index contributed by atoms with van der Waals surface area (Å²) in [5, 5.41) is 2.96. The Hall–Kier alpha value is -1.88. The van der Waals surface area contributed by atoms with Crippen molar-refractivity contribution >= 4 is 0 Å². The molecule has 2 rings (SSSR count). The van der Waals surface area contributed by atoms with E-state index in [1.807, 2.05) is 0 Å². The summed E-state index contributed by atoms with van der Waals surface area (Å²) in [6, 6.07) is 5.38. The van der Waals surface area contributed by atoms with Gasteiger partial charge in [0.15, 0.2) is 17.5 Å². The Morgan fingerprint density at radius 3 is 2.71 bits per heavy atom. The van der Waals surface area contributed by atoms with Crippen molar-refractivity contribution in [1.82, 2.24) is 15.3 Å². The molecule has 1 N–H and O–H groups in total. The van der Waals surface area contributed by atoms with Crippen LogP contribution in [0.5, 0.6) is 0 Å². The molecule has 0 fully saturated rings. The average molecular weight is 235 g/mol.